The molecule has 1 amide bonds. The van der Waals surface area contributed by atoms with Gasteiger partial charge in [0.25, 0.3) is 0 Å². The smallest absolute Gasteiger partial charge is 0.226 e. The van der Waals surface area contributed by atoms with E-state index in [4.69, 9.17) is 0 Å². The predicted molar refractivity (Wildman–Crippen MR) is 81.9 cm³/mol. The summed E-state index contributed by atoms with van der Waals surface area (Å²) in [6.45, 7) is 6.31. The molecular formula is C15H20N2OS. The second-order valence-corrected chi connectivity index (χ2v) is 5.96. The van der Waals surface area contributed by atoms with E-state index in [1.54, 1.807) is 11.3 Å². The van der Waals surface area contributed by atoms with Crippen molar-refractivity contribution in [2.75, 3.05) is 5.32 Å². The molecule has 19 heavy (non-hydrogen) atoms. The molecule has 0 fully saturated rings. The molecule has 0 radical (unpaired) electrons. The zero-order valence-electron chi connectivity index (χ0n) is 11.7. The van der Waals surface area contributed by atoms with E-state index in [2.05, 4.69) is 43.2 Å². The van der Waals surface area contributed by atoms with Gasteiger partial charge in [-0.25, -0.2) is 4.98 Å². The van der Waals surface area contributed by atoms with Gasteiger partial charge in [0.2, 0.25) is 5.91 Å². The SMILES string of the molecule is CCCCCC(=O)Nc1nc2cc(C)c(C)cc2s1. The Labute approximate surface area is 118 Å². The van der Waals surface area contributed by atoms with Crippen molar-refractivity contribution in [1.82, 2.24) is 4.98 Å². The molecule has 0 saturated carbocycles. The molecule has 1 N–H and O–H groups in total. The van der Waals surface area contributed by atoms with Gasteiger partial charge in [0.15, 0.2) is 5.13 Å². The number of unbranched alkanes of at least 4 members (excludes halogenated alkanes) is 2. The zero-order valence-corrected chi connectivity index (χ0v) is 12.6. The van der Waals surface area contributed by atoms with Gasteiger partial charge in [0, 0.05) is 6.42 Å². The first kappa shape index (κ1) is 14.0. The molecule has 1 heterocycles. The van der Waals surface area contributed by atoms with Crippen molar-refractivity contribution in [2.45, 2.75) is 46.5 Å². The largest absolute Gasteiger partial charge is 0.302 e. The first-order valence-electron chi connectivity index (χ1n) is 6.77. The molecule has 2 aromatic rings. The highest BCUT2D eigenvalue weighted by Crippen LogP contribution is 2.28. The van der Waals surface area contributed by atoms with Gasteiger partial charge in [-0.1, -0.05) is 31.1 Å². The lowest BCUT2D eigenvalue weighted by molar-refractivity contribution is -0.116. The van der Waals surface area contributed by atoms with Crippen molar-refractivity contribution in [3.05, 3.63) is 23.3 Å². The second kappa shape index (κ2) is 6.15. The highest BCUT2D eigenvalue weighted by Gasteiger charge is 2.08. The van der Waals surface area contributed by atoms with Crippen LogP contribution >= 0.6 is 11.3 Å². The standard InChI is InChI=1S/C15H20N2OS/c1-4-5-6-7-14(18)17-15-16-12-8-10(2)11(3)9-13(12)19-15/h8-9H,4-7H2,1-3H3,(H,16,17,18). The number of nitrogens with one attached hydrogen (secondary N) is 1. The number of fused-ring (bicyclic) bond motifs is 1. The Balaban J connectivity index is 2.07. The Hall–Kier alpha value is -1.42. The normalized spacial score (nSPS) is 10.9. The van der Waals surface area contributed by atoms with Gasteiger partial charge in [-0.3, -0.25) is 4.79 Å². The number of aryl methyl sites for hydroxylation is 2. The van der Waals surface area contributed by atoms with Crippen LogP contribution in [0.1, 0.15) is 43.7 Å². The van der Waals surface area contributed by atoms with Gasteiger partial charge in [-0.15, -0.1) is 0 Å². The Kier molecular flexibility index (Phi) is 4.53. The highest BCUT2D eigenvalue weighted by atomic mass is 32.1. The molecule has 0 spiro atoms. The lowest BCUT2D eigenvalue weighted by atomic mass is 10.1. The van der Waals surface area contributed by atoms with E-state index >= 15 is 0 Å². The molecule has 1 aromatic heterocycles. The highest BCUT2D eigenvalue weighted by molar-refractivity contribution is 7.22. The van der Waals surface area contributed by atoms with Gasteiger partial charge in [-0.05, 0) is 43.5 Å². The summed E-state index contributed by atoms with van der Waals surface area (Å²) in [6.07, 6.45) is 3.77. The number of carbonyl (C=O) groups excluding carboxylic acids is 1. The number of thiazole rings is 1. The van der Waals surface area contributed by atoms with E-state index in [9.17, 15) is 4.79 Å². The lowest BCUT2D eigenvalue weighted by Gasteiger charge is -1.99. The average Bonchev–Trinajstić information content (AvgIpc) is 2.71. The Morgan fingerprint density at radius 3 is 2.74 bits per heavy atom. The third-order valence-corrected chi connectivity index (χ3v) is 4.19. The van der Waals surface area contributed by atoms with Crippen LogP contribution in [0.25, 0.3) is 10.2 Å². The maximum Gasteiger partial charge on any atom is 0.226 e. The van der Waals surface area contributed by atoms with E-state index < -0.39 is 0 Å². The first-order valence-corrected chi connectivity index (χ1v) is 7.59. The summed E-state index contributed by atoms with van der Waals surface area (Å²) in [7, 11) is 0. The van der Waals surface area contributed by atoms with Crippen LogP contribution < -0.4 is 5.32 Å². The van der Waals surface area contributed by atoms with Gasteiger partial charge < -0.3 is 5.32 Å². The molecule has 0 aliphatic carbocycles. The number of hydrogen-bond donors (Lipinski definition) is 1. The number of aromatic nitrogens is 1. The Bertz CT molecular complexity index is 550. The number of hydrogen-bond acceptors (Lipinski definition) is 3. The van der Waals surface area contributed by atoms with Crippen molar-refractivity contribution in [3.8, 4) is 0 Å². The Morgan fingerprint density at radius 1 is 1.26 bits per heavy atom. The summed E-state index contributed by atoms with van der Waals surface area (Å²) >= 11 is 1.54. The van der Waals surface area contributed by atoms with Crippen LogP contribution in [0.5, 0.6) is 0 Å². The molecule has 0 unspecified atom stereocenters. The van der Waals surface area contributed by atoms with Crippen LogP contribution in [0.3, 0.4) is 0 Å². The first-order chi connectivity index (χ1) is 9.10. The molecule has 0 aliphatic rings. The molecule has 0 aliphatic heterocycles. The van der Waals surface area contributed by atoms with Crippen LogP contribution in [0.15, 0.2) is 12.1 Å². The topological polar surface area (TPSA) is 42.0 Å². The summed E-state index contributed by atoms with van der Waals surface area (Å²) in [5.74, 6) is 0.0703. The van der Waals surface area contributed by atoms with Gasteiger partial charge >= 0.3 is 0 Å². The molecule has 0 saturated heterocycles. The van der Waals surface area contributed by atoms with E-state index in [1.165, 1.54) is 11.1 Å². The van der Waals surface area contributed by atoms with Gasteiger partial charge in [0.1, 0.15) is 0 Å². The lowest BCUT2D eigenvalue weighted by Crippen LogP contribution is -2.10. The van der Waals surface area contributed by atoms with Crippen LogP contribution in [-0.4, -0.2) is 10.9 Å². The summed E-state index contributed by atoms with van der Waals surface area (Å²) in [5, 5.41) is 3.61. The van der Waals surface area contributed by atoms with E-state index in [0.717, 1.165) is 29.5 Å². The van der Waals surface area contributed by atoms with E-state index in [-0.39, 0.29) is 5.91 Å². The average molecular weight is 276 g/mol. The predicted octanol–water partition coefficient (Wildman–Crippen LogP) is 4.43. The summed E-state index contributed by atoms with van der Waals surface area (Å²) in [5.41, 5.74) is 3.47. The number of carbonyl (C=O) groups is 1. The minimum atomic E-state index is 0.0703. The molecule has 1 aromatic carbocycles. The third kappa shape index (κ3) is 3.53. The van der Waals surface area contributed by atoms with Crippen LogP contribution in [0.2, 0.25) is 0 Å². The van der Waals surface area contributed by atoms with Gasteiger partial charge in [0.05, 0.1) is 10.2 Å². The monoisotopic (exact) mass is 276 g/mol. The van der Waals surface area contributed by atoms with Crippen molar-refractivity contribution >= 4 is 32.6 Å². The molecule has 0 bridgehead atoms. The van der Waals surface area contributed by atoms with Crippen molar-refractivity contribution in [3.63, 3.8) is 0 Å². The Morgan fingerprint density at radius 2 is 2.00 bits per heavy atom. The quantitative estimate of drug-likeness (QED) is 0.821. The van der Waals surface area contributed by atoms with E-state index in [0.29, 0.717) is 11.6 Å². The van der Waals surface area contributed by atoms with E-state index in [1.807, 2.05) is 0 Å². The van der Waals surface area contributed by atoms with Gasteiger partial charge in [-0.2, -0.15) is 0 Å². The molecule has 3 nitrogen and oxygen atoms in total. The third-order valence-electron chi connectivity index (χ3n) is 3.26. The molecular weight excluding hydrogens is 256 g/mol. The fourth-order valence-electron chi connectivity index (χ4n) is 1.95. The van der Waals surface area contributed by atoms with Crippen LogP contribution in [-0.2, 0) is 4.79 Å². The molecule has 2 rings (SSSR count). The van der Waals surface area contributed by atoms with Crippen molar-refractivity contribution in [2.24, 2.45) is 0 Å². The minimum Gasteiger partial charge on any atom is -0.302 e. The zero-order chi connectivity index (χ0) is 13.8. The fourth-order valence-corrected chi connectivity index (χ4v) is 2.91. The summed E-state index contributed by atoms with van der Waals surface area (Å²) in [6, 6.07) is 4.21. The van der Waals surface area contributed by atoms with Crippen LogP contribution in [0, 0.1) is 13.8 Å². The van der Waals surface area contributed by atoms with Crippen molar-refractivity contribution < 1.29 is 4.79 Å². The van der Waals surface area contributed by atoms with Crippen molar-refractivity contribution in [1.29, 1.82) is 0 Å². The number of anilines is 1. The molecule has 4 heteroatoms. The van der Waals surface area contributed by atoms with Crippen LogP contribution in [0.4, 0.5) is 5.13 Å². The number of nitrogens with zero attached hydrogens (tertiary/aromatic N) is 1. The summed E-state index contributed by atoms with van der Waals surface area (Å²) in [4.78, 5) is 16.2. The fraction of sp³-hybridized carbons (Fsp3) is 0.467. The number of amides is 1. The summed E-state index contributed by atoms with van der Waals surface area (Å²) < 4.78 is 1.13. The minimum absolute atomic E-state index is 0.0703. The maximum atomic E-state index is 11.8. The molecule has 102 valence electrons. The second-order valence-electron chi connectivity index (χ2n) is 4.93. The number of benzene rings is 1. The maximum absolute atomic E-state index is 11.8. The molecule has 0 atom stereocenters. The number of rotatable bonds is 5.